The van der Waals surface area contributed by atoms with Gasteiger partial charge in [0.05, 0.1) is 12.7 Å². The number of hydrogen-bond acceptors (Lipinski definition) is 3. The van der Waals surface area contributed by atoms with Crippen molar-refractivity contribution in [3.63, 3.8) is 0 Å². The summed E-state index contributed by atoms with van der Waals surface area (Å²) in [5.74, 6) is 0.268. The maximum absolute atomic E-state index is 11.5. The molecule has 76 valence electrons. The molecule has 0 aromatic heterocycles. The molecule has 3 nitrogen and oxygen atoms in total. The third kappa shape index (κ3) is 3.44. The molecule has 0 N–H and O–H groups in total. The zero-order chi connectivity index (χ0) is 9.68. The van der Waals surface area contributed by atoms with Crippen LogP contribution in [0.25, 0.3) is 0 Å². The fraction of sp³-hybridized carbons (Fsp3) is 0.900. The standard InChI is InChI=1S/C10H18O3/c1-3-4-12-7-10(11)9-5-8(2)13-6-9/h8-9H,3-7H2,1-2H3. The highest BCUT2D eigenvalue weighted by Crippen LogP contribution is 2.19. The zero-order valence-electron chi connectivity index (χ0n) is 8.41. The fourth-order valence-electron chi connectivity index (χ4n) is 1.48. The van der Waals surface area contributed by atoms with E-state index in [-0.39, 0.29) is 24.4 Å². The summed E-state index contributed by atoms with van der Waals surface area (Å²) >= 11 is 0. The normalized spacial score (nSPS) is 27.8. The van der Waals surface area contributed by atoms with Crippen molar-refractivity contribution < 1.29 is 14.3 Å². The Bertz CT molecular complexity index is 168. The molecule has 0 aromatic carbocycles. The first kappa shape index (κ1) is 10.7. The first-order valence-electron chi connectivity index (χ1n) is 4.96. The molecule has 1 aliphatic rings. The van der Waals surface area contributed by atoms with Crippen molar-refractivity contribution in [3.05, 3.63) is 0 Å². The van der Waals surface area contributed by atoms with Gasteiger partial charge in [-0.15, -0.1) is 0 Å². The molecule has 0 amide bonds. The van der Waals surface area contributed by atoms with Gasteiger partial charge in [0.25, 0.3) is 0 Å². The molecule has 0 aromatic rings. The summed E-state index contributed by atoms with van der Waals surface area (Å²) in [5.41, 5.74) is 0. The second kappa shape index (κ2) is 5.35. The zero-order valence-corrected chi connectivity index (χ0v) is 8.41. The minimum atomic E-state index is 0.0758. The molecule has 0 saturated carbocycles. The van der Waals surface area contributed by atoms with E-state index in [1.54, 1.807) is 0 Å². The summed E-state index contributed by atoms with van der Waals surface area (Å²) in [5, 5.41) is 0. The molecular weight excluding hydrogens is 168 g/mol. The Labute approximate surface area is 79.4 Å². The Morgan fingerprint density at radius 2 is 2.38 bits per heavy atom. The average Bonchev–Trinajstić information content (AvgIpc) is 2.52. The van der Waals surface area contributed by atoms with Crippen LogP contribution in [0.2, 0.25) is 0 Å². The van der Waals surface area contributed by atoms with Crippen LogP contribution in [-0.4, -0.2) is 31.7 Å². The second-order valence-electron chi connectivity index (χ2n) is 3.60. The van der Waals surface area contributed by atoms with E-state index in [9.17, 15) is 4.79 Å². The van der Waals surface area contributed by atoms with Crippen molar-refractivity contribution in [1.82, 2.24) is 0 Å². The molecule has 0 aliphatic carbocycles. The van der Waals surface area contributed by atoms with Gasteiger partial charge in [-0.05, 0) is 19.8 Å². The smallest absolute Gasteiger partial charge is 0.163 e. The fourth-order valence-corrected chi connectivity index (χ4v) is 1.48. The number of rotatable bonds is 5. The molecule has 1 aliphatic heterocycles. The molecule has 1 heterocycles. The van der Waals surface area contributed by atoms with Crippen LogP contribution in [0.1, 0.15) is 26.7 Å². The van der Waals surface area contributed by atoms with E-state index in [0.717, 1.165) is 12.8 Å². The van der Waals surface area contributed by atoms with E-state index in [1.165, 1.54) is 0 Å². The maximum atomic E-state index is 11.5. The van der Waals surface area contributed by atoms with Gasteiger partial charge in [0.15, 0.2) is 5.78 Å². The van der Waals surface area contributed by atoms with Gasteiger partial charge >= 0.3 is 0 Å². The molecule has 3 heteroatoms. The predicted octanol–water partition coefficient (Wildman–Crippen LogP) is 1.41. The summed E-state index contributed by atoms with van der Waals surface area (Å²) in [6.07, 6.45) is 2.05. The van der Waals surface area contributed by atoms with Gasteiger partial charge < -0.3 is 9.47 Å². The Balaban J connectivity index is 2.16. The molecule has 2 unspecified atom stereocenters. The van der Waals surface area contributed by atoms with Crippen LogP contribution in [0.15, 0.2) is 0 Å². The van der Waals surface area contributed by atoms with Crippen molar-refractivity contribution in [3.8, 4) is 0 Å². The van der Waals surface area contributed by atoms with Gasteiger partial charge in [0.1, 0.15) is 6.61 Å². The number of Topliss-reactive ketones (excluding diaryl/α,β-unsaturated/α-hetero) is 1. The number of ether oxygens (including phenoxy) is 2. The van der Waals surface area contributed by atoms with Crippen LogP contribution >= 0.6 is 0 Å². The van der Waals surface area contributed by atoms with Crippen molar-refractivity contribution >= 4 is 5.78 Å². The highest BCUT2D eigenvalue weighted by Gasteiger charge is 2.27. The number of hydrogen-bond donors (Lipinski definition) is 0. The topological polar surface area (TPSA) is 35.5 Å². The van der Waals surface area contributed by atoms with Gasteiger partial charge in [0, 0.05) is 12.5 Å². The van der Waals surface area contributed by atoms with E-state index in [0.29, 0.717) is 13.2 Å². The Hall–Kier alpha value is -0.410. The first-order valence-corrected chi connectivity index (χ1v) is 4.96. The Kier molecular flexibility index (Phi) is 4.39. The van der Waals surface area contributed by atoms with Crippen molar-refractivity contribution in [2.45, 2.75) is 32.8 Å². The third-order valence-electron chi connectivity index (χ3n) is 2.25. The van der Waals surface area contributed by atoms with Crippen LogP contribution in [0.5, 0.6) is 0 Å². The van der Waals surface area contributed by atoms with Crippen molar-refractivity contribution in [2.75, 3.05) is 19.8 Å². The highest BCUT2D eigenvalue weighted by molar-refractivity contribution is 5.82. The molecule has 0 bridgehead atoms. The first-order chi connectivity index (χ1) is 6.24. The summed E-state index contributed by atoms with van der Waals surface area (Å²) in [6, 6.07) is 0. The molecular formula is C10H18O3. The van der Waals surface area contributed by atoms with Crippen LogP contribution in [-0.2, 0) is 14.3 Å². The number of carbonyl (C=O) groups is 1. The van der Waals surface area contributed by atoms with Crippen molar-refractivity contribution in [2.24, 2.45) is 5.92 Å². The molecule has 13 heavy (non-hydrogen) atoms. The summed E-state index contributed by atoms with van der Waals surface area (Å²) in [6.45, 7) is 5.55. The van der Waals surface area contributed by atoms with Crippen molar-refractivity contribution in [1.29, 1.82) is 0 Å². The number of carbonyl (C=O) groups excluding carboxylic acids is 1. The van der Waals surface area contributed by atoms with Gasteiger partial charge in [-0.3, -0.25) is 4.79 Å². The van der Waals surface area contributed by atoms with E-state index < -0.39 is 0 Å². The minimum Gasteiger partial charge on any atom is -0.378 e. The maximum Gasteiger partial charge on any atom is 0.163 e. The monoisotopic (exact) mass is 186 g/mol. The minimum absolute atomic E-state index is 0.0758. The quantitative estimate of drug-likeness (QED) is 0.609. The lowest BCUT2D eigenvalue weighted by Gasteiger charge is -2.06. The van der Waals surface area contributed by atoms with Gasteiger partial charge in [0.2, 0.25) is 0 Å². The number of ketones is 1. The summed E-state index contributed by atoms with van der Waals surface area (Å²) in [7, 11) is 0. The lowest BCUT2D eigenvalue weighted by molar-refractivity contribution is -0.127. The van der Waals surface area contributed by atoms with Gasteiger partial charge in [-0.1, -0.05) is 6.92 Å². The van der Waals surface area contributed by atoms with Crippen LogP contribution < -0.4 is 0 Å². The lowest BCUT2D eigenvalue weighted by Crippen LogP contribution is -2.20. The largest absolute Gasteiger partial charge is 0.378 e. The van der Waals surface area contributed by atoms with E-state index in [1.807, 2.05) is 13.8 Å². The Morgan fingerprint density at radius 3 is 2.92 bits per heavy atom. The van der Waals surface area contributed by atoms with E-state index in [2.05, 4.69) is 0 Å². The molecule has 1 fully saturated rings. The lowest BCUT2D eigenvalue weighted by atomic mass is 10.0. The second-order valence-corrected chi connectivity index (χ2v) is 3.60. The summed E-state index contributed by atoms with van der Waals surface area (Å²) in [4.78, 5) is 11.5. The average molecular weight is 186 g/mol. The van der Waals surface area contributed by atoms with Gasteiger partial charge in [-0.2, -0.15) is 0 Å². The van der Waals surface area contributed by atoms with Crippen LogP contribution in [0.3, 0.4) is 0 Å². The van der Waals surface area contributed by atoms with Crippen LogP contribution in [0.4, 0.5) is 0 Å². The van der Waals surface area contributed by atoms with E-state index in [4.69, 9.17) is 9.47 Å². The molecule has 0 spiro atoms. The molecule has 1 saturated heterocycles. The molecule has 0 radical (unpaired) electrons. The SMILES string of the molecule is CCCOCC(=O)C1COC(C)C1. The van der Waals surface area contributed by atoms with Crippen LogP contribution in [0, 0.1) is 5.92 Å². The Morgan fingerprint density at radius 1 is 1.62 bits per heavy atom. The molecule has 2 atom stereocenters. The molecule has 1 rings (SSSR count). The summed E-state index contributed by atoms with van der Waals surface area (Å²) < 4.78 is 10.5. The highest BCUT2D eigenvalue weighted by atomic mass is 16.5. The van der Waals surface area contributed by atoms with E-state index >= 15 is 0 Å². The van der Waals surface area contributed by atoms with Gasteiger partial charge in [-0.25, -0.2) is 0 Å². The predicted molar refractivity (Wildman–Crippen MR) is 49.6 cm³/mol. The third-order valence-corrected chi connectivity index (χ3v) is 2.25.